The fraction of sp³-hybridized carbons (Fsp3) is 0.423. The molecule has 8 nitrogen and oxygen atoms in total. The number of rotatable bonds is 6. The van der Waals surface area contributed by atoms with Gasteiger partial charge >= 0.3 is 12.1 Å². The Bertz CT molecular complexity index is 1050. The van der Waals surface area contributed by atoms with Crippen molar-refractivity contribution in [3.05, 3.63) is 59.7 Å². The quantitative estimate of drug-likeness (QED) is 0.677. The van der Waals surface area contributed by atoms with E-state index in [1.165, 1.54) is 4.90 Å². The van der Waals surface area contributed by atoms with Crippen LogP contribution in [0, 0.1) is 5.92 Å². The molecule has 1 aliphatic carbocycles. The number of amides is 2. The zero-order chi connectivity index (χ0) is 24.5. The largest absolute Gasteiger partial charge is 0.480 e. The molecule has 4 rings (SSSR count). The van der Waals surface area contributed by atoms with Crippen LogP contribution in [0.25, 0.3) is 11.1 Å². The first-order chi connectivity index (χ1) is 16.2. The van der Waals surface area contributed by atoms with Crippen LogP contribution in [0.2, 0.25) is 0 Å². The smallest absolute Gasteiger partial charge is 0.407 e. The molecule has 2 atom stereocenters. The van der Waals surface area contributed by atoms with Gasteiger partial charge < -0.3 is 24.8 Å². The second-order valence-electron chi connectivity index (χ2n) is 9.71. The topological polar surface area (TPSA) is 105 Å². The van der Waals surface area contributed by atoms with Gasteiger partial charge in [0.1, 0.15) is 13.2 Å². The first-order valence-electron chi connectivity index (χ1n) is 11.4. The Morgan fingerprint density at radius 1 is 1.03 bits per heavy atom. The molecule has 1 fully saturated rings. The molecule has 34 heavy (non-hydrogen) atoms. The summed E-state index contributed by atoms with van der Waals surface area (Å²) < 4.78 is 11.1. The van der Waals surface area contributed by atoms with E-state index in [1.807, 2.05) is 36.4 Å². The van der Waals surface area contributed by atoms with E-state index in [9.17, 15) is 19.5 Å². The predicted molar refractivity (Wildman–Crippen MR) is 125 cm³/mol. The molecule has 2 aromatic carbocycles. The molecule has 0 spiro atoms. The first kappa shape index (κ1) is 23.8. The number of alkyl carbamates (subject to hydrolysis) is 1. The first-order valence-corrected chi connectivity index (χ1v) is 11.4. The number of hydrogen-bond donors (Lipinski definition) is 2. The maximum absolute atomic E-state index is 13.2. The van der Waals surface area contributed by atoms with Crippen molar-refractivity contribution in [3.8, 4) is 11.1 Å². The van der Waals surface area contributed by atoms with E-state index in [0.717, 1.165) is 22.3 Å². The third kappa shape index (κ3) is 4.77. The van der Waals surface area contributed by atoms with Gasteiger partial charge in [0, 0.05) is 11.5 Å². The Morgan fingerprint density at radius 3 is 2.18 bits per heavy atom. The number of nitrogens with one attached hydrogen (secondary N) is 1. The average molecular weight is 467 g/mol. The lowest BCUT2D eigenvalue weighted by atomic mass is 9.97. The minimum absolute atomic E-state index is 0.0673. The van der Waals surface area contributed by atoms with E-state index in [0.29, 0.717) is 0 Å². The zero-order valence-corrected chi connectivity index (χ0v) is 19.6. The van der Waals surface area contributed by atoms with Crippen molar-refractivity contribution in [2.45, 2.75) is 38.3 Å². The van der Waals surface area contributed by atoms with Crippen molar-refractivity contribution in [3.63, 3.8) is 0 Å². The van der Waals surface area contributed by atoms with Crippen LogP contribution in [0.4, 0.5) is 4.79 Å². The summed E-state index contributed by atoms with van der Waals surface area (Å²) in [7, 11) is 0. The van der Waals surface area contributed by atoms with E-state index in [2.05, 4.69) is 17.4 Å². The van der Waals surface area contributed by atoms with E-state index in [4.69, 9.17) is 9.47 Å². The highest BCUT2D eigenvalue weighted by Gasteiger charge is 2.41. The molecule has 2 N–H and O–H groups in total. The molecule has 2 unspecified atom stereocenters. The van der Waals surface area contributed by atoms with E-state index in [1.54, 1.807) is 20.8 Å². The minimum Gasteiger partial charge on any atom is -0.480 e. The molecule has 2 amide bonds. The van der Waals surface area contributed by atoms with Crippen molar-refractivity contribution in [1.29, 1.82) is 0 Å². The van der Waals surface area contributed by atoms with Crippen LogP contribution in [0.5, 0.6) is 0 Å². The van der Waals surface area contributed by atoms with Crippen LogP contribution in [0.15, 0.2) is 48.5 Å². The van der Waals surface area contributed by atoms with Crippen molar-refractivity contribution >= 4 is 18.0 Å². The lowest BCUT2D eigenvalue weighted by Crippen LogP contribution is -2.54. The zero-order valence-electron chi connectivity index (χ0n) is 19.6. The summed E-state index contributed by atoms with van der Waals surface area (Å²) in [6, 6.07) is 15.6. The minimum atomic E-state index is -1.09. The van der Waals surface area contributed by atoms with Gasteiger partial charge in [-0.15, -0.1) is 0 Å². The number of fused-ring (bicyclic) bond motifs is 3. The fourth-order valence-electron chi connectivity index (χ4n) is 4.71. The van der Waals surface area contributed by atoms with E-state index in [-0.39, 0.29) is 31.6 Å². The Labute approximate surface area is 198 Å². The summed E-state index contributed by atoms with van der Waals surface area (Å²) >= 11 is 0. The van der Waals surface area contributed by atoms with Crippen LogP contribution in [-0.4, -0.2) is 65.9 Å². The van der Waals surface area contributed by atoms with Crippen LogP contribution in [-0.2, 0) is 19.1 Å². The van der Waals surface area contributed by atoms with Crippen LogP contribution in [0.1, 0.15) is 37.8 Å². The number of carboxylic acids is 1. The fourth-order valence-corrected chi connectivity index (χ4v) is 4.71. The number of ether oxygens (including phenoxy) is 2. The monoisotopic (exact) mass is 466 g/mol. The van der Waals surface area contributed by atoms with E-state index >= 15 is 0 Å². The lowest BCUT2D eigenvalue weighted by Gasteiger charge is -2.37. The Morgan fingerprint density at radius 2 is 1.62 bits per heavy atom. The molecule has 1 saturated heterocycles. The van der Waals surface area contributed by atoms with Crippen LogP contribution >= 0.6 is 0 Å². The van der Waals surface area contributed by atoms with Crippen LogP contribution in [0.3, 0.4) is 0 Å². The number of aliphatic carboxylic acids is 1. The van der Waals surface area contributed by atoms with Gasteiger partial charge in [0.15, 0.2) is 0 Å². The molecule has 0 radical (unpaired) electrons. The van der Waals surface area contributed by atoms with Crippen molar-refractivity contribution in [2.24, 2.45) is 5.92 Å². The van der Waals surface area contributed by atoms with Gasteiger partial charge in [0.05, 0.1) is 25.2 Å². The molecule has 0 saturated carbocycles. The van der Waals surface area contributed by atoms with Gasteiger partial charge in [-0.1, -0.05) is 48.5 Å². The molecule has 0 aromatic heterocycles. The summed E-state index contributed by atoms with van der Waals surface area (Å²) in [5, 5.41) is 12.0. The molecule has 180 valence electrons. The number of carboxylic acid groups (broad SMARTS) is 1. The van der Waals surface area contributed by atoms with Gasteiger partial charge in [0.2, 0.25) is 5.91 Å². The number of carbonyl (C=O) groups excluding carboxylic acids is 2. The molecule has 8 heteroatoms. The molecule has 0 bridgehead atoms. The average Bonchev–Trinajstić information content (AvgIpc) is 3.37. The van der Waals surface area contributed by atoms with Gasteiger partial charge in [-0.2, -0.15) is 0 Å². The van der Waals surface area contributed by atoms with Gasteiger partial charge in [-0.3, -0.25) is 9.59 Å². The molecule has 1 aliphatic heterocycles. The van der Waals surface area contributed by atoms with Crippen LogP contribution < -0.4 is 5.32 Å². The normalized spacial score (nSPS) is 19.3. The third-order valence-corrected chi connectivity index (χ3v) is 6.41. The van der Waals surface area contributed by atoms with Crippen molar-refractivity contribution < 1.29 is 29.0 Å². The summed E-state index contributed by atoms with van der Waals surface area (Å²) in [5.74, 6) is -2.21. The summed E-state index contributed by atoms with van der Waals surface area (Å²) in [4.78, 5) is 38.4. The summed E-state index contributed by atoms with van der Waals surface area (Å²) in [6.07, 6.45) is -0.629. The van der Waals surface area contributed by atoms with Gasteiger partial charge in [-0.25, -0.2) is 4.79 Å². The lowest BCUT2D eigenvalue weighted by molar-refractivity contribution is -0.150. The molecular weight excluding hydrogens is 436 g/mol. The summed E-state index contributed by atoms with van der Waals surface area (Å²) in [5.41, 5.74) is 3.82. The standard InChI is InChI=1S/C26H30N2O6/c1-26(2,3)28(12-23(29)30)24(31)21-13-33-15-22(21)27-25(32)34-14-20-18-10-6-4-8-16(18)17-9-5-7-11-19(17)20/h4-11,20-22H,12-15H2,1-3H3,(H,27,32)(H,29,30). The van der Waals surface area contributed by atoms with Gasteiger partial charge in [0.25, 0.3) is 0 Å². The molecular formula is C26H30N2O6. The number of carbonyl (C=O) groups is 3. The Balaban J connectivity index is 1.41. The third-order valence-electron chi connectivity index (χ3n) is 6.41. The SMILES string of the molecule is CC(C)(C)N(CC(=O)O)C(=O)C1COCC1NC(=O)OCC1c2ccccc2-c2ccccc21. The Hall–Kier alpha value is -3.39. The highest BCUT2D eigenvalue weighted by molar-refractivity contribution is 5.85. The van der Waals surface area contributed by atoms with Crippen molar-refractivity contribution in [2.75, 3.05) is 26.4 Å². The maximum Gasteiger partial charge on any atom is 0.407 e. The molecule has 2 aromatic rings. The second kappa shape index (κ2) is 9.46. The Kier molecular flexibility index (Phi) is 6.61. The van der Waals surface area contributed by atoms with Crippen molar-refractivity contribution in [1.82, 2.24) is 10.2 Å². The number of benzene rings is 2. The highest BCUT2D eigenvalue weighted by Crippen LogP contribution is 2.44. The number of nitrogens with zero attached hydrogens (tertiary/aromatic N) is 1. The maximum atomic E-state index is 13.2. The number of hydrogen-bond acceptors (Lipinski definition) is 5. The highest BCUT2D eigenvalue weighted by atomic mass is 16.5. The second-order valence-corrected chi connectivity index (χ2v) is 9.71. The predicted octanol–water partition coefficient (Wildman–Crippen LogP) is 3.25. The van der Waals surface area contributed by atoms with E-state index < -0.39 is 36.1 Å². The van der Waals surface area contributed by atoms with Gasteiger partial charge in [-0.05, 0) is 43.0 Å². The molecule has 1 heterocycles. The molecule has 2 aliphatic rings. The summed E-state index contributed by atoms with van der Waals surface area (Å²) in [6.45, 7) is 5.34.